The van der Waals surface area contributed by atoms with Crippen LogP contribution in [-0.4, -0.2) is 10.1 Å². The van der Waals surface area contributed by atoms with E-state index in [2.05, 4.69) is 87.4 Å². The summed E-state index contributed by atoms with van der Waals surface area (Å²) in [5.74, 6) is 1.64. The molecular formula is C26H22BrN3OS. The number of halogens is 1. The second-order valence-electron chi connectivity index (χ2n) is 8.02. The van der Waals surface area contributed by atoms with Crippen LogP contribution in [0.15, 0.2) is 87.9 Å². The number of nitrogens with one attached hydrogen (secondary N) is 1. The van der Waals surface area contributed by atoms with Gasteiger partial charge in [-0.05, 0) is 80.2 Å². The summed E-state index contributed by atoms with van der Waals surface area (Å²) in [6.45, 7) is 4.15. The van der Waals surface area contributed by atoms with Gasteiger partial charge in [0.2, 0.25) is 0 Å². The zero-order valence-corrected chi connectivity index (χ0v) is 20.2. The van der Waals surface area contributed by atoms with Gasteiger partial charge >= 0.3 is 0 Å². The van der Waals surface area contributed by atoms with E-state index in [4.69, 9.17) is 16.6 Å². The topological polar surface area (TPSA) is 41.3 Å². The van der Waals surface area contributed by atoms with Crippen LogP contribution in [0.2, 0.25) is 0 Å². The number of aryl methyl sites for hydroxylation is 2. The van der Waals surface area contributed by atoms with Crippen molar-refractivity contribution in [3.05, 3.63) is 106 Å². The smallest absolute Gasteiger partial charge is 0.174 e. The number of furan rings is 1. The summed E-state index contributed by atoms with van der Waals surface area (Å²) in [5, 5.41) is 4.13. The molecule has 0 unspecified atom stereocenters. The van der Waals surface area contributed by atoms with Crippen LogP contribution in [0.3, 0.4) is 0 Å². The Morgan fingerprint density at radius 2 is 1.75 bits per heavy atom. The molecule has 1 aliphatic heterocycles. The molecule has 2 atom stereocenters. The molecule has 160 valence electrons. The van der Waals surface area contributed by atoms with Crippen LogP contribution in [0.1, 0.15) is 34.7 Å². The molecule has 2 aromatic heterocycles. The lowest BCUT2D eigenvalue weighted by Gasteiger charge is -2.26. The second-order valence-corrected chi connectivity index (χ2v) is 9.26. The zero-order valence-electron chi connectivity index (χ0n) is 17.7. The SMILES string of the molecule is Cc1ccc(N2C(=S)N[C@@H](c3ccccn3)[C@H]2c2ccc(-c3ccc(C)cc3Br)o2)cc1. The van der Waals surface area contributed by atoms with E-state index in [1.165, 1.54) is 11.1 Å². The molecule has 3 heterocycles. The Kier molecular flexibility index (Phi) is 5.57. The number of rotatable bonds is 4. The summed E-state index contributed by atoms with van der Waals surface area (Å²) < 4.78 is 7.46. The number of hydrogen-bond donors (Lipinski definition) is 1. The Labute approximate surface area is 201 Å². The predicted octanol–water partition coefficient (Wildman–Crippen LogP) is 6.90. The first-order chi connectivity index (χ1) is 15.5. The summed E-state index contributed by atoms with van der Waals surface area (Å²) in [4.78, 5) is 6.73. The van der Waals surface area contributed by atoms with Crippen molar-refractivity contribution in [3.63, 3.8) is 0 Å². The maximum absolute atomic E-state index is 6.45. The minimum Gasteiger partial charge on any atom is -0.459 e. The van der Waals surface area contributed by atoms with Gasteiger partial charge in [-0.15, -0.1) is 0 Å². The molecule has 0 saturated carbocycles. The number of nitrogens with zero attached hydrogens (tertiary/aromatic N) is 2. The normalized spacial score (nSPS) is 18.1. The summed E-state index contributed by atoms with van der Waals surface area (Å²) in [5.41, 5.74) is 5.36. The highest BCUT2D eigenvalue weighted by Crippen LogP contribution is 2.43. The Morgan fingerprint density at radius 1 is 0.969 bits per heavy atom. The molecular weight excluding hydrogens is 482 g/mol. The van der Waals surface area contributed by atoms with Gasteiger partial charge < -0.3 is 14.6 Å². The molecule has 1 saturated heterocycles. The maximum atomic E-state index is 6.45. The van der Waals surface area contributed by atoms with Crippen LogP contribution in [0.5, 0.6) is 0 Å². The van der Waals surface area contributed by atoms with Crippen molar-refractivity contribution in [1.29, 1.82) is 0 Å². The predicted molar refractivity (Wildman–Crippen MR) is 136 cm³/mol. The molecule has 2 aromatic carbocycles. The third-order valence-electron chi connectivity index (χ3n) is 5.72. The van der Waals surface area contributed by atoms with Crippen molar-refractivity contribution in [2.75, 3.05) is 4.90 Å². The quantitative estimate of drug-likeness (QED) is 0.306. The fourth-order valence-electron chi connectivity index (χ4n) is 4.10. The number of aromatic nitrogens is 1. The van der Waals surface area contributed by atoms with Crippen molar-refractivity contribution in [1.82, 2.24) is 10.3 Å². The highest BCUT2D eigenvalue weighted by atomic mass is 79.9. The minimum atomic E-state index is -0.168. The lowest BCUT2D eigenvalue weighted by molar-refractivity contribution is 0.439. The standard InChI is InChI=1S/C26H22BrN3OS/c1-16-6-9-18(10-7-16)30-25(24(29-26(30)32)21-5-3-4-14-28-21)23-13-12-22(31-23)19-11-8-17(2)15-20(19)27/h3-15,24-25H,1-2H3,(H,29,32)/t24-,25+/m0/s1. The number of thiocarbonyl (C=S) groups is 1. The van der Waals surface area contributed by atoms with Crippen LogP contribution >= 0.6 is 28.1 Å². The van der Waals surface area contributed by atoms with Gasteiger partial charge in [0.1, 0.15) is 17.6 Å². The number of pyridine rings is 1. The van der Waals surface area contributed by atoms with E-state index in [1.807, 2.05) is 36.5 Å². The number of benzene rings is 2. The van der Waals surface area contributed by atoms with Crippen LogP contribution in [0.4, 0.5) is 5.69 Å². The molecule has 0 spiro atoms. The molecule has 1 aliphatic rings. The molecule has 1 N–H and O–H groups in total. The molecule has 0 aliphatic carbocycles. The average molecular weight is 504 g/mol. The van der Waals surface area contributed by atoms with E-state index < -0.39 is 0 Å². The minimum absolute atomic E-state index is 0.134. The number of anilines is 1. The van der Waals surface area contributed by atoms with E-state index in [0.717, 1.165) is 32.9 Å². The van der Waals surface area contributed by atoms with Crippen molar-refractivity contribution in [2.24, 2.45) is 0 Å². The summed E-state index contributed by atoms with van der Waals surface area (Å²) in [6, 6.07) is 24.3. The van der Waals surface area contributed by atoms with Gasteiger partial charge in [-0.25, -0.2) is 0 Å². The molecule has 0 radical (unpaired) electrons. The van der Waals surface area contributed by atoms with Crippen LogP contribution in [-0.2, 0) is 0 Å². The Morgan fingerprint density at radius 3 is 2.47 bits per heavy atom. The van der Waals surface area contributed by atoms with Gasteiger partial charge in [-0.1, -0.05) is 45.8 Å². The highest BCUT2D eigenvalue weighted by Gasteiger charge is 2.42. The first-order valence-corrected chi connectivity index (χ1v) is 11.6. The van der Waals surface area contributed by atoms with E-state index in [1.54, 1.807) is 0 Å². The molecule has 4 aromatic rings. The lowest BCUT2D eigenvalue weighted by atomic mass is 10.0. The van der Waals surface area contributed by atoms with Crippen molar-refractivity contribution in [2.45, 2.75) is 25.9 Å². The molecule has 4 nitrogen and oxygen atoms in total. The summed E-state index contributed by atoms with van der Waals surface area (Å²) >= 11 is 9.46. The lowest BCUT2D eigenvalue weighted by Crippen LogP contribution is -2.29. The van der Waals surface area contributed by atoms with Crippen LogP contribution in [0.25, 0.3) is 11.3 Å². The van der Waals surface area contributed by atoms with E-state index in [-0.39, 0.29) is 12.1 Å². The maximum Gasteiger partial charge on any atom is 0.174 e. The van der Waals surface area contributed by atoms with Gasteiger partial charge in [0.15, 0.2) is 5.11 Å². The monoisotopic (exact) mass is 503 g/mol. The molecule has 6 heteroatoms. The fraction of sp³-hybridized carbons (Fsp3) is 0.154. The molecule has 5 rings (SSSR count). The van der Waals surface area contributed by atoms with Crippen molar-refractivity contribution >= 4 is 38.9 Å². The number of hydrogen-bond acceptors (Lipinski definition) is 3. The van der Waals surface area contributed by atoms with Crippen LogP contribution < -0.4 is 10.2 Å². The van der Waals surface area contributed by atoms with Crippen LogP contribution in [0, 0.1) is 13.8 Å². The highest BCUT2D eigenvalue weighted by molar-refractivity contribution is 9.10. The van der Waals surface area contributed by atoms with Crippen molar-refractivity contribution in [3.8, 4) is 11.3 Å². The Hall–Kier alpha value is -2.96. The Balaban J connectivity index is 1.60. The average Bonchev–Trinajstić information content (AvgIpc) is 3.39. The largest absolute Gasteiger partial charge is 0.459 e. The fourth-order valence-corrected chi connectivity index (χ4v) is 5.14. The van der Waals surface area contributed by atoms with E-state index in [0.29, 0.717) is 5.11 Å². The molecule has 0 amide bonds. The third kappa shape index (κ3) is 3.85. The van der Waals surface area contributed by atoms with Gasteiger partial charge in [-0.3, -0.25) is 4.98 Å². The Bertz CT molecular complexity index is 1270. The van der Waals surface area contributed by atoms with Gasteiger partial charge in [0.25, 0.3) is 0 Å². The van der Waals surface area contributed by atoms with Gasteiger partial charge in [-0.2, -0.15) is 0 Å². The van der Waals surface area contributed by atoms with E-state index >= 15 is 0 Å². The van der Waals surface area contributed by atoms with E-state index in [9.17, 15) is 0 Å². The first-order valence-electron chi connectivity index (χ1n) is 10.4. The molecule has 0 bridgehead atoms. The second kappa shape index (κ2) is 8.52. The first kappa shape index (κ1) is 20.9. The summed E-state index contributed by atoms with van der Waals surface area (Å²) in [7, 11) is 0. The van der Waals surface area contributed by atoms with Crippen molar-refractivity contribution < 1.29 is 4.42 Å². The zero-order chi connectivity index (χ0) is 22.2. The van der Waals surface area contributed by atoms with Gasteiger partial charge in [0, 0.05) is 21.9 Å². The molecule has 32 heavy (non-hydrogen) atoms. The molecule has 1 fully saturated rings. The third-order valence-corrected chi connectivity index (χ3v) is 6.69. The summed E-state index contributed by atoms with van der Waals surface area (Å²) in [6.07, 6.45) is 1.81. The van der Waals surface area contributed by atoms with Gasteiger partial charge in [0.05, 0.1) is 11.7 Å².